The molecule has 2 aliphatic rings. The van der Waals surface area contributed by atoms with Crippen LogP contribution in [0.3, 0.4) is 0 Å². The monoisotopic (exact) mass is 526 g/mol. The molecule has 0 aliphatic carbocycles. The molecule has 1 amide bonds. The number of piperazine rings is 1. The van der Waals surface area contributed by atoms with Gasteiger partial charge in [0.25, 0.3) is 5.91 Å². The summed E-state index contributed by atoms with van der Waals surface area (Å²) in [6.07, 6.45) is 6.76. The Morgan fingerprint density at radius 2 is 1.78 bits per heavy atom. The van der Waals surface area contributed by atoms with Crippen LogP contribution in [0.25, 0.3) is 17.1 Å². The molecule has 196 valence electrons. The fourth-order valence-electron chi connectivity index (χ4n) is 4.46. The summed E-state index contributed by atoms with van der Waals surface area (Å²) in [6, 6.07) is 11.3. The van der Waals surface area contributed by atoms with E-state index in [2.05, 4.69) is 10.1 Å². The zero-order valence-corrected chi connectivity index (χ0v) is 21.5. The van der Waals surface area contributed by atoms with Crippen molar-refractivity contribution in [1.82, 2.24) is 29.0 Å². The van der Waals surface area contributed by atoms with Gasteiger partial charge in [-0.15, -0.1) is 0 Å². The lowest BCUT2D eigenvalue weighted by Crippen LogP contribution is -2.50. The van der Waals surface area contributed by atoms with Crippen LogP contribution in [0.2, 0.25) is 0 Å². The van der Waals surface area contributed by atoms with E-state index in [1.165, 1.54) is 10.6 Å². The average Bonchev–Trinajstić information content (AvgIpc) is 3.63. The number of nitrogens with zero attached hydrogens (tertiary/aromatic N) is 6. The van der Waals surface area contributed by atoms with Gasteiger partial charge in [-0.1, -0.05) is 0 Å². The van der Waals surface area contributed by atoms with Crippen LogP contribution in [-0.4, -0.2) is 95.2 Å². The Bertz CT molecular complexity index is 1320. The first kappa shape index (κ1) is 25.5. The number of rotatable bonds is 8. The molecule has 2 saturated heterocycles. The Labute approximate surface area is 216 Å². The Hall–Kier alpha value is -3.19. The molecule has 4 heterocycles. The van der Waals surface area contributed by atoms with Crippen molar-refractivity contribution in [3.05, 3.63) is 60.2 Å². The van der Waals surface area contributed by atoms with Crippen molar-refractivity contribution >= 4 is 15.9 Å². The minimum atomic E-state index is -3.28. The summed E-state index contributed by atoms with van der Waals surface area (Å²) in [5.74, 6) is 0.240. The first-order valence-electron chi connectivity index (χ1n) is 12.3. The third-order valence-electron chi connectivity index (χ3n) is 6.45. The normalized spacial score (nSPS) is 17.4. The van der Waals surface area contributed by atoms with Crippen molar-refractivity contribution < 1.29 is 22.7 Å². The molecule has 0 radical (unpaired) electrons. The third kappa shape index (κ3) is 6.21. The minimum absolute atomic E-state index is 0.191. The maximum atomic E-state index is 13.4. The predicted molar refractivity (Wildman–Crippen MR) is 136 cm³/mol. The van der Waals surface area contributed by atoms with E-state index < -0.39 is 10.0 Å². The van der Waals surface area contributed by atoms with E-state index in [4.69, 9.17) is 14.5 Å². The lowest BCUT2D eigenvalue weighted by Gasteiger charge is -2.33. The molecule has 5 rings (SSSR count). The van der Waals surface area contributed by atoms with Crippen LogP contribution in [0, 0.1) is 0 Å². The third-order valence-corrected chi connectivity index (χ3v) is 7.75. The number of hydrogen-bond acceptors (Lipinski definition) is 8. The number of sulfonamides is 1. The second-order valence-corrected chi connectivity index (χ2v) is 11.1. The largest absolute Gasteiger partial charge is 0.350 e. The Balaban J connectivity index is 1.37. The number of aryl methyl sites for hydroxylation is 1. The number of ether oxygens (including phenoxy) is 2. The van der Waals surface area contributed by atoms with Gasteiger partial charge in [-0.25, -0.2) is 23.1 Å². The lowest BCUT2D eigenvalue weighted by molar-refractivity contribution is -0.0476. The highest BCUT2D eigenvalue weighted by Crippen LogP contribution is 2.21. The van der Waals surface area contributed by atoms with Gasteiger partial charge in [-0.05, 0) is 55.7 Å². The molecule has 0 unspecified atom stereocenters. The molecule has 0 bridgehead atoms. The van der Waals surface area contributed by atoms with Crippen molar-refractivity contribution in [2.75, 3.05) is 45.6 Å². The van der Waals surface area contributed by atoms with Gasteiger partial charge in [0, 0.05) is 49.8 Å². The fraction of sp³-hybridized carbons (Fsp3) is 0.440. The Morgan fingerprint density at radius 1 is 1.05 bits per heavy atom. The van der Waals surface area contributed by atoms with E-state index in [1.54, 1.807) is 21.8 Å². The highest BCUT2D eigenvalue weighted by Gasteiger charge is 2.28. The zero-order valence-electron chi connectivity index (χ0n) is 20.7. The van der Waals surface area contributed by atoms with Gasteiger partial charge < -0.3 is 14.4 Å². The molecule has 1 aromatic carbocycles. The van der Waals surface area contributed by atoms with Gasteiger partial charge >= 0.3 is 0 Å². The molecule has 2 aromatic heterocycles. The van der Waals surface area contributed by atoms with Gasteiger partial charge in [0.1, 0.15) is 5.69 Å². The molecule has 0 saturated carbocycles. The SMILES string of the molecule is CS(=O)(=O)N1CCN(C(=O)c2cc(CCCC3OCCO3)nc(-c3ccc(-n4cccn4)cc3)n2)CC1. The quantitative estimate of drug-likeness (QED) is 0.435. The smallest absolute Gasteiger partial charge is 0.272 e. The topological polar surface area (TPSA) is 120 Å². The fourth-order valence-corrected chi connectivity index (χ4v) is 5.28. The summed E-state index contributed by atoms with van der Waals surface area (Å²) < 4.78 is 37.9. The van der Waals surface area contributed by atoms with E-state index in [0.29, 0.717) is 44.2 Å². The van der Waals surface area contributed by atoms with Crippen LogP contribution in [0.5, 0.6) is 0 Å². The number of carbonyl (C=O) groups excluding carboxylic acids is 1. The van der Waals surface area contributed by atoms with Crippen LogP contribution in [0.15, 0.2) is 48.8 Å². The molecule has 2 aliphatic heterocycles. The molecular weight excluding hydrogens is 496 g/mol. The van der Waals surface area contributed by atoms with E-state index in [1.807, 2.05) is 36.5 Å². The number of amides is 1. The van der Waals surface area contributed by atoms with Crippen molar-refractivity contribution in [1.29, 1.82) is 0 Å². The lowest BCUT2D eigenvalue weighted by atomic mass is 10.1. The first-order valence-corrected chi connectivity index (χ1v) is 14.2. The van der Waals surface area contributed by atoms with Gasteiger partial charge in [0.15, 0.2) is 12.1 Å². The maximum absolute atomic E-state index is 13.4. The molecule has 3 aromatic rings. The number of aromatic nitrogens is 4. The van der Waals surface area contributed by atoms with Crippen LogP contribution < -0.4 is 0 Å². The average molecular weight is 527 g/mol. The van der Waals surface area contributed by atoms with Crippen LogP contribution in [0.4, 0.5) is 0 Å². The van der Waals surface area contributed by atoms with Gasteiger partial charge in [-0.2, -0.15) is 9.40 Å². The van der Waals surface area contributed by atoms with Crippen molar-refractivity contribution in [3.8, 4) is 17.1 Å². The molecule has 2 fully saturated rings. The molecule has 0 N–H and O–H groups in total. The molecule has 11 nitrogen and oxygen atoms in total. The van der Waals surface area contributed by atoms with E-state index >= 15 is 0 Å². The van der Waals surface area contributed by atoms with Crippen LogP contribution >= 0.6 is 0 Å². The summed E-state index contributed by atoms with van der Waals surface area (Å²) in [5.41, 5.74) is 2.76. The maximum Gasteiger partial charge on any atom is 0.272 e. The number of carbonyl (C=O) groups is 1. The van der Waals surface area contributed by atoms with E-state index in [0.717, 1.165) is 29.8 Å². The summed E-state index contributed by atoms with van der Waals surface area (Å²) in [5, 5.41) is 4.25. The van der Waals surface area contributed by atoms with Crippen LogP contribution in [0.1, 0.15) is 29.0 Å². The van der Waals surface area contributed by atoms with Gasteiger partial charge in [-0.3, -0.25) is 4.79 Å². The van der Waals surface area contributed by atoms with Crippen molar-refractivity contribution in [3.63, 3.8) is 0 Å². The molecule has 0 atom stereocenters. The summed E-state index contributed by atoms with van der Waals surface area (Å²) >= 11 is 0. The second kappa shape index (κ2) is 11.1. The predicted octanol–water partition coefficient (Wildman–Crippen LogP) is 1.74. The number of hydrogen-bond donors (Lipinski definition) is 0. The first-order chi connectivity index (χ1) is 17.9. The summed E-state index contributed by atoms with van der Waals surface area (Å²) in [4.78, 5) is 24.4. The van der Waals surface area contributed by atoms with Crippen molar-refractivity contribution in [2.24, 2.45) is 0 Å². The summed E-state index contributed by atoms with van der Waals surface area (Å²) in [6.45, 7) is 2.40. The molecule has 37 heavy (non-hydrogen) atoms. The standard InChI is InChI=1S/C25H30N6O5S/c1-37(33,34)30-14-12-29(13-15-30)25(32)22-18-20(4-2-5-23-35-16-17-36-23)27-24(28-22)19-6-8-21(9-7-19)31-11-3-10-26-31/h3,6-11,18,23H,2,4-5,12-17H2,1H3. The second-order valence-electron chi connectivity index (χ2n) is 9.08. The minimum Gasteiger partial charge on any atom is -0.350 e. The van der Waals surface area contributed by atoms with Gasteiger partial charge in [0.05, 0.1) is 25.2 Å². The van der Waals surface area contributed by atoms with Crippen molar-refractivity contribution in [2.45, 2.75) is 25.6 Å². The highest BCUT2D eigenvalue weighted by molar-refractivity contribution is 7.88. The molecule has 12 heteroatoms. The Kier molecular flexibility index (Phi) is 7.60. The van der Waals surface area contributed by atoms with Crippen LogP contribution in [-0.2, 0) is 25.9 Å². The van der Waals surface area contributed by atoms with Gasteiger partial charge in [0.2, 0.25) is 10.0 Å². The molecular formula is C25H30N6O5S. The zero-order chi connectivity index (χ0) is 25.8. The highest BCUT2D eigenvalue weighted by atomic mass is 32.2. The Morgan fingerprint density at radius 3 is 2.43 bits per heavy atom. The van der Waals surface area contributed by atoms with E-state index in [9.17, 15) is 13.2 Å². The summed E-state index contributed by atoms with van der Waals surface area (Å²) in [7, 11) is -3.28. The molecule has 0 spiro atoms. The number of benzene rings is 1. The van der Waals surface area contributed by atoms with E-state index in [-0.39, 0.29) is 25.3 Å².